The number of hydrogen-bond donors (Lipinski definition) is 0. The lowest BCUT2D eigenvalue weighted by atomic mass is 9.99. The van der Waals surface area contributed by atoms with Crippen molar-refractivity contribution in [1.82, 2.24) is 4.98 Å². The third kappa shape index (κ3) is 2.27. The lowest BCUT2D eigenvalue weighted by Crippen LogP contribution is -2.09. The van der Waals surface area contributed by atoms with Crippen molar-refractivity contribution in [2.24, 2.45) is 0 Å². The molecule has 92 valence electrons. The van der Waals surface area contributed by atoms with E-state index in [1.807, 2.05) is 0 Å². The summed E-state index contributed by atoms with van der Waals surface area (Å²) < 4.78 is 26.5. The summed E-state index contributed by atoms with van der Waals surface area (Å²) in [4.78, 5) is 15.8. The minimum atomic E-state index is -0.580. The minimum absolute atomic E-state index is 0.0142. The average molecular weight is 247 g/mol. The molecule has 1 aromatic heterocycles. The Morgan fingerprint density at radius 3 is 2.44 bits per heavy atom. The van der Waals surface area contributed by atoms with Crippen LogP contribution in [-0.2, 0) is 0 Å². The van der Waals surface area contributed by atoms with Gasteiger partial charge in [0.1, 0.15) is 17.3 Å². The van der Waals surface area contributed by atoms with Crippen molar-refractivity contribution in [3.8, 4) is 0 Å². The van der Waals surface area contributed by atoms with Crippen LogP contribution in [0.1, 0.15) is 27.2 Å². The fourth-order valence-corrected chi connectivity index (χ4v) is 1.84. The van der Waals surface area contributed by atoms with Gasteiger partial charge in [0.05, 0.1) is 11.8 Å². The zero-order chi connectivity index (χ0) is 13.3. The summed E-state index contributed by atoms with van der Waals surface area (Å²) in [5.41, 5.74) is 1.30. The number of nitrogens with zero attached hydrogens (tertiary/aromatic N) is 1. The van der Waals surface area contributed by atoms with Crippen LogP contribution in [-0.4, -0.2) is 10.8 Å². The summed E-state index contributed by atoms with van der Waals surface area (Å²) in [6, 6.07) is 5.39. The maximum atomic E-state index is 13.8. The van der Waals surface area contributed by atoms with Crippen molar-refractivity contribution in [1.29, 1.82) is 0 Å². The van der Waals surface area contributed by atoms with Gasteiger partial charge in [-0.05, 0) is 43.2 Å². The van der Waals surface area contributed by atoms with E-state index in [1.165, 1.54) is 12.1 Å². The second-order valence-electron chi connectivity index (χ2n) is 4.13. The summed E-state index contributed by atoms with van der Waals surface area (Å²) in [5, 5.41) is 0. The second kappa shape index (κ2) is 4.64. The normalized spacial score (nSPS) is 10.4. The molecular formula is C14H11F2NO. The van der Waals surface area contributed by atoms with E-state index in [-0.39, 0.29) is 11.3 Å². The largest absolute Gasteiger partial charge is 0.287 e. The molecule has 18 heavy (non-hydrogen) atoms. The lowest BCUT2D eigenvalue weighted by molar-refractivity contribution is 0.103. The van der Waals surface area contributed by atoms with Gasteiger partial charge >= 0.3 is 0 Å². The first-order valence-electron chi connectivity index (χ1n) is 5.42. The predicted octanol–water partition coefficient (Wildman–Crippen LogP) is 3.21. The fourth-order valence-electron chi connectivity index (χ4n) is 1.84. The van der Waals surface area contributed by atoms with Gasteiger partial charge in [-0.25, -0.2) is 13.8 Å². The molecule has 1 heterocycles. The van der Waals surface area contributed by atoms with E-state index >= 15 is 0 Å². The number of halogens is 2. The van der Waals surface area contributed by atoms with Crippen LogP contribution in [0, 0.1) is 25.5 Å². The highest BCUT2D eigenvalue weighted by atomic mass is 19.1. The standard InChI is InChI=1S/C14H11F2NO/c1-8-5-9(2)13(11(16)6-8)14(18)12-4-3-10(15)7-17-12/h3-7H,1-2H3. The first-order chi connectivity index (χ1) is 8.49. The molecule has 0 saturated heterocycles. The molecule has 2 aromatic rings. The van der Waals surface area contributed by atoms with Gasteiger partial charge in [0, 0.05) is 0 Å². The van der Waals surface area contributed by atoms with Crippen molar-refractivity contribution in [2.45, 2.75) is 13.8 Å². The number of rotatable bonds is 2. The highest BCUT2D eigenvalue weighted by Gasteiger charge is 2.18. The van der Waals surface area contributed by atoms with E-state index in [4.69, 9.17) is 0 Å². The van der Waals surface area contributed by atoms with Crippen LogP contribution >= 0.6 is 0 Å². The lowest BCUT2D eigenvalue weighted by Gasteiger charge is -2.07. The van der Waals surface area contributed by atoms with E-state index in [9.17, 15) is 13.6 Å². The van der Waals surface area contributed by atoms with Crippen molar-refractivity contribution in [3.05, 3.63) is 64.5 Å². The van der Waals surface area contributed by atoms with Crippen molar-refractivity contribution < 1.29 is 13.6 Å². The molecule has 0 atom stereocenters. The Hall–Kier alpha value is -2.10. The van der Waals surface area contributed by atoms with Gasteiger partial charge in [-0.15, -0.1) is 0 Å². The van der Waals surface area contributed by atoms with Crippen LogP contribution in [0.2, 0.25) is 0 Å². The quantitative estimate of drug-likeness (QED) is 0.763. The highest BCUT2D eigenvalue weighted by molar-refractivity contribution is 6.08. The molecule has 1 aromatic carbocycles. The van der Waals surface area contributed by atoms with Crippen LogP contribution in [0.4, 0.5) is 8.78 Å². The smallest absolute Gasteiger partial charge is 0.214 e. The van der Waals surface area contributed by atoms with Gasteiger partial charge in [0.15, 0.2) is 0 Å². The summed E-state index contributed by atoms with van der Waals surface area (Å²) >= 11 is 0. The number of benzene rings is 1. The average Bonchev–Trinajstić information content (AvgIpc) is 2.28. The third-order valence-corrected chi connectivity index (χ3v) is 2.62. The number of carbonyl (C=O) groups is 1. The molecule has 2 rings (SSSR count). The van der Waals surface area contributed by atoms with E-state index in [1.54, 1.807) is 19.9 Å². The molecule has 0 N–H and O–H groups in total. The van der Waals surface area contributed by atoms with Crippen molar-refractivity contribution in [2.75, 3.05) is 0 Å². The zero-order valence-corrected chi connectivity index (χ0v) is 10.00. The maximum absolute atomic E-state index is 13.8. The molecule has 0 saturated carbocycles. The molecule has 4 heteroatoms. The summed E-state index contributed by atoms with van der Waals surface area (Å²) in [7, 11) is 0. The topological polar surface area (TPSA) is 30.0 Å². The third-order valence-electron chi connectivity index (χ3n) is 2.62. The number of hydrogen-bond acceptors (Lipinski definition) is 2. The number of aromatic nitrogens is 1. The van der Waals surface area contributed by atoms with Gasteiger partial charge in [-0.1, -0.05) is 6.07 Å². The molecule has 0 unspecified atom stereocenters. The van der Waals surface area contributed by atoms with E-state index in [0.717, 1.165) is 17.8 Å². The van der Waals surface area contributed by atoms with E-state index in [0.29, 0.717) is 5.56 Å². The van der Waals surface area contributed by atoms with Crippen LogP contribution in [0.3, 0.4) is 0 Å². The number of carbonyl (C=O) groups excluding carboxylic acids is 1. The van der Waals surface area contributed by atoms with Gasteiger partial charge < -0.3 is 0 Å². The Morgan fingerprint density at radius 1 is 1.17 bits per heavy atom. The van der Waals surface area contributed by atoms with Gasteiger partial charge in [0.25, 0.3) is 0 Å². The zero-order valence-electron chi connectivity index (χ0n) is 10.00. The SMILES string of the molecule is Cc1cc(C)c(C(=O)c2ccc(F)cn2)c(F)c1. The molecule has 0 amide bonds. The molecular weight excluding hydrogens is 236 g/mol. The molecule has 0 aliphatic carbocycles. The minimum Gasteiger partial charge on any atom is -0.287 e. The number of pyridine rings is 1. The Balaban J connectivity index is 2.49. The van der Waals surface area contributed by atoms with Crippen LogP contribution in [0.25, 0.3) is 0 Å². The first kappa shape index (κ1) is 12.4. The second-order valence-corrected chi connectivity index (χ2v) is 4.13. The van der Waals surface area contributed by atoms with Crippen molar-refractivity contribution >= 4 is 5.78 Å². The van der Waals surface area contributed by atoms with Gasteiger partial charge in [-0.2, -0.15) is 0 Å². The van der Waals surface area contributed by atoms with E-state index < -0.39 is 17.4 Å². The molecule has 0 spiro atoms. The highest BCUT2D eigenvalue weighted by Crippen LogP contribution is 2.18. The van der Waals surface area contributed by atoms with E-state index in [2.05, 4.69) is 4.98 Å². The Morgan fingerprint density at radius 2 is 1.89 bits per heavy atom. The van der Waals surface area contributed by atoms with Crippen LogP contribution < -0.4 is 0 Å². The summed E-state index contributed by atoms with van der Waals surface area (Å²) in [6.45, 7) is 3.41. The number of aryl methyl sites for hydroxylation is 2. The molecule has 0 aliphatic heterocycles. The summed E-state index contributed by atoms with van der Waals surface area (Å²) in [6.07, 6.45) is 0.939. The number of ketones is 1. The van der Waals surface area contributed by atoms with Gasteiger partial charge in [-0.3, -0.25) is 4.79 Å². The van der Waals surface area contributed by atoms with Crippen LogP contribution in [0.5, 0.6) is 0 Å². The Kier molecular flexibility index (Phi) is 3.19. The predicted molar refractivity (Wildman–Crippen MR) is 63.5 cm³/mol. The maximum Gasteiger partial charge on any atom is 0.214 e. The molecule has 0 fully saturated rings. The molecule has 0 bridgehead atoms. The summed E-state index contributed by atoms with van der Waals surface area (Å²) in [5.74, 6) is -1.65. The van der Waals surface area contributed by atoms with Crippen molar-refractivity contribution in [3.63, 3.8) is 0 Å². The first-order valence-corrected chi connectivity index (χ1v) is 5.42. The molecule has 0 radical (unpaired) electrons. The molecule has 2 nitrogen and oxygen atoms in total. The monoisotopic (exact) mass is 247 g/mol. The molecule has 0 aliphatic rings. The Labute approximate surface area is 103 Å². The Bertz CT molecular complexity index is 583. The van der Waals surface area contributed by atoms with Gasteiger partial charge in [0.2, 0.25) is 5.78 Å². The fraction of sp³-hybridized carbons (Fsp3) is 0.143. The van der Waals surface area contributed by atoms with Crippen LogP contribution in [0.15, 0.2) is 30.5 Å².